The third kappa shape index (κ3) is 4.08. The van der Waals surface area contributed by atoms with Gasteiger partial charge in [-0.15, -0.1) is 0 Å². The molecule has 1 aliphatic carbocycles. The number of nitrogens with one attached hydrogen (secondary N) is 1. The maximum absolute atomic E-state index is 14.5. The van der Waals surface area contributed by atoms with Crippen molar-refractivity contribution in [3.8, 4) is 11.4 Å². The Morgan fingerprint density at radius 2 is 1.94 bits per heavy atom. The fourth-order valence-corrected chi connectivity index (χ4v) is 4.21. The molecule has 0 bridgehead atoms. The van der Waals surface area contributed by atoms with Gasteiger partial charge in [0.2, 0.25) is 5.91 Å². The number of nitrogens with two attached hydrogens (primary N) is 1. The average molecular weight is 436 g/mol. The molecule has 4 rings (SSSR count). The number of carbonyl (C=O) groups is 2. The Bertz CT molecular complexity index is 1180. The molecule has 1 heterocycles. The second-order valence-corrected chi connectivity index (χ2v) is 8.79. The minimum Gasteiger partial charge on any atom is -0.497 e. The molecule has 3 aromatic rings. The summed E-state index contributed by atoms with van der Waals surface area (Å²) < 4.78 is 21.6. The van der Waals surface area contributed by atoms with Crippen molar-refractivity contribution in [2.75, 3.05) is 7.11 Å². The van der Waals surface area contributed by atoms with Crippen LogP contribution in [0.2, 0.25) is 0 Å². The van der Waals surface area contributed by atoms with E-state index in [1.54, 1.807) is 13.3 Å². The maximum atomic E-state index is 14.5. The summed E-state index contributed by atoms with van der Waals surface area (Å²) in [6.45, 7) is 4.26. The molecule has 2 aromatic carbocycles. The van der Waals surface area contributed by atoms with Crippen molar-refractivity contribution in [1.29, 1.82) is 0 Å². The minimum absolute atomic E-state index is 0.0147. The molecule has 32 heavy (non-hydrogen) atoms. The predicted molar refractivity (Wildman–Crippen MR) is 117 cm³/mol. The third-order valence-corrected chi connectivity index (χ3v) is 5.80. The second kappa shape index (κ2) is 8.11. The Morgan fingerprint density at radius 3 is 2.56 bits per heavy atom. The molecule has 0 saturated heterocycles. The Morgan fingerprint density at radius 1 is 1.22 bits per heavy atom. The van der Waals surface area contributed by atoms with Crippen LogP contribution in [0.1, 0.15) is 58.3 Å². The quantitative estimate of drug-likeness (QED) is 0.639. The highest BCUT2D eigenvalue weighted by molar-refractivity contribution is 5.97. The topological polar surface area (TPSA) is 99.2 Å². The van der Waals surface area contributed by atoms with Crippen LogP contribution in [0.4, 0.5) is 4.39 Å². The molecule has 8 heteroatoms. The number of hydrogen-bond acceptors (Lipinski definition) is 4. The predicted octanol–water partition coefficient (Wildman–Crippen LogP) is 3.56. The summed E-state index contributed by atoms with van der Waals surface area (Å²) in [5.74, 6) is -1.34. The van der Waals surface area contributed by atoms with Gasteiger partial charge in [-0.1, -0.05) is 13.8 Å². The molecule has 7 nitrogen and oxygen atoms in total. The van der Waals surface area contributed by atoms with Gasteiger partial charge in [-0.25, -0.2) is 9.07 Å². The molecule has 1 unspecified atom stereocenters. The maximum Gasteiger partial charge on any atom is 0.254 e. The molecule has 3 N–H and O–H groups in total. The Kier molecular flexibility index (Phi) is 5.46. The van der Waals surface area contributed by atoms with Crippen molar-refractivity contribution in [1.82, 2.24) is 15.1 Å². The number of fused-ring (bicyclic) bond motifs is 1. The van der Waals surface area contributed by atoms with E-state index in [-0.39, 0.29) is 22.6 Å². The van der Waals surface area contributed by atoms with Crippen molar-refractivity contribution in [3.05, 3.63) is 76.9 Å². The molecule has 1 atom stereocenters. The number of amides is 2. The SMILES string of the molecule is COc1ccc(-n2ncc3c2CC(C)(C)CC3NC(=O)c2ccc(C(N)=O)cc2F)cc1. The van der Waals surface area contributed by atoms with Gasteiger partial charge >= 0.3 is 0 Å². The summed E-state index contributed by atoms with van der Waals surface area (Å²) in [5, 5.41) is 7.52. The van der Waals surface area contributed by atoms with Crippen LogP contribution in [0.5, 0.6) is 5.75 Å². The monoisotopic (exact) mass is 436 g/mol. The number of benzene rings is 2. The standard InChI is InChI=1S/C24H25FN4O3/c1-24(2)11-20(28-23(31)17-9-4-14(22(26)30)10-19(17)25)18-13-27-29(21(18)12-24)15-5-7-16(32-3)8-6-15/h4-10,13,20H,11-12H2,1-3H3,(H2,26,30)(H,28,31). The van der Waals surface area contributed by atoms with E-state index < -0.39 is 17.6 Å². The van der Waals surface area contributed by atoms with Gasteiger partial charge < -0.3 is 15.8 Å². The number of primary amides is 1. The number of nitrogens with zero attached hydrogens (tertiary/aromatic N) is 2. The van der Waals surface area contributed by atoms with Crippen LogP contribution in [0.25, 0.3) is 5.69 Å². The molecule has 1 aliphatic rings. The largest absolute Gasteiger partial charge is 0.497 e. The van der Waals surface area contributed by atoms with Gasteiger partial charge in [0, 0.05) is 11.1 Å². The van der Waals surface area contributed by atoms with E-state index in [9.17, 15) is 14.0 Å². The number of rotatable bonds is 5. The van der Waals surface area contributed by atoms with E-state index in [0.29, 0.717) is 6.42 Å². The van der Waals surface area contributed by atoms with Gasteiger partial charge in [-0.05, 0) is 60.7 Å². The fraction of sp³-hybridized carbons (Fsp3) is 0.292. The molecule has 0 radical (unpaired) electrons. The van der Waals surface area contributed by atoms with E-state index in [2.05, 4.69) is 24.3 Å². The lowest BCUT2D eigenvalue weighted by molar-refractivity contribution is 0.0913. The first kappa shape index (κ1) is 21.5. The Balaban J connectivity index is 1.64. The van der Waals surface area contributed by atoms with Crippen LogP contribution in [0.15, 0.2) is 48.7 Å². The van der Waals surface area contributed by atoms with Gasteiger partial charge in [-0.3, -0.25) is 9.59 Å². The van der Waals surface area contributed by atoms with Crippen LogP contribution in [0.3, 0.4) is 0 Å². The molecular weight excluding hydrogens is 411 g/mol. The molecule has 0 spiro atoms. The Labute approximate surface area is 185 Å². The number of hydrogen-bond donors (Lipinski definition) is 2. The lowest BCUT2D eigenvalue weighted by atomic mass is 9.74. The molecule has 166 valence electrons. The molecule has 0 fully saturated rings. The van der Waals surface area contributed by atoms with E-state index in [4.69, 9.17) is 10.5 Å². The first-order valence-electron chi connectivity index (χ1n) is 10.3. The highest BCUT2D eigenvalue weighted by atomic mass is 19.1. The lowest BCUT2D eigenvalue weighted by Gasteiger charge is -2.36. The van der Waals surface area contributed by atoms with Crippen molar-refractivity contribution >= 4 is 11.8 Å². The molecule has 0 aliphatic heterocycles. The highest BCUT2D eigenvalue weighted by Crippen LogP contribution is 2.41. The lowest BCUT2D eigenvalue weighted by Crippen LogP contribution is -2.37. The first-order chi connectivity index (χ1) is 15.2. The van der Waals surface area contributed by atoms with Crippen molar-refractivity contribution in [2.45, 2.75) is 32.7 Å². The van der Waals surface area contributed by atoms with Gasteiger partial charge in [-0.2, -0.15) is 5.10 Å². The summed E-state index contributed by atoms with van der Waals surface area (Å²) in [6.07, 6.45) is 3.22. The smallest absolute Gasteiger partial charge is 0.254 e. The van der Waals surface area contributed by atoms with Crippen LogP contribution in [0, 0.1) is 11.2 Å². The van der Waals surface area contributed by atoms with E-state index in [1.165, 1.54) is 12.1 Å². The van der Waals surface area contributed by atoms with Crippen LogP contribution in [-0.2, 0) is 6.42 Å². The summed E-state index contributed by atoms with van der Waals surface area (Å²) in [4.78, 5) is 24.1. The highest BCUT2D eigenvalue weighted by Gasteiger charge is 2.36. The van der Waals surface area contributed by atoms with Crippen molar-refractivity contribution < 1.29 is 18.7 Å². The van der Waals surface area contributed by atoms with E-state index in [0.717, 1.165) is 35.2 Å². The molecular formula is C24H25FN4O3. The fourth-order valence-electron chi connectivity index (χ4n) is 4.21. The number of halogens is 1. The van der Waals surface area contributed by atoms with E-state index >= 15 is 0 Å². The molecule has 2 amide bonds. The number of methoxy groups -OCH3 is 1. The zero-order chi connectivity index (χ0) is 23.0. The van der Waals surface area contributed by atoms with Gasteiger partial charge in [0.05, 0.1) is 36.3 Å². The van der Waals surface area contributed by atoms with Crippen LogP contribution >= 0.6 is 0 Å². The minimum atomic E-state index is -0.789. The van der Waals surface area contributed by atoms with Crippen LogP contribution in [-0.4, -0.2) is 28.7 Å². The number of aromatic nitrogens is 2. The van der Waals surface area contributed by atoms with Gasteiger partial charge in [0.15, 0.2) is 0 Å². The van der Waals surface area contributed by atoms with Crippen LogP contribution < -0.4 is 15.8 Å². The zero-order valence-electron chi connectivity index (χ0n) is 18.2. The third-order valence-electron chi connectivity index (χ3n) is 5.80. The first-order valence-corrected chi connectivity index (χ1v) is 10.3. The Hall–Kier alpha value is -3.68. The number of carbonyl (C=O) groups excluding carboxylic acids is 2. The van der Waals surface area contributed by atoms with Crippen molar-refractivity contribution in [3.63, 3.8) is 0 Å². The summed E-state index contributed by atoms with van der Waals surface area (Å²) >= 11 is 0. The average Bonchev–Trinajstić information content (AvgIpc) is 3.16. The van der Waals surface area contributed by atoms with Crippen molar-refractivity contribution in [2.24, 2.45) is 11.1 Å². The summed E-state index contributed by atoms with van der Waals surface area (Å²) in [5.41, 5.74) is 7.75. The van der Waals surface area contributed by atoms with Gasteiger partial charge in [0.25, 0.3) is 5.91 Å². The molecule has 0 saturated carbocycles. The molecule has 1 aromatic heterocycles. The van der Waals surface area contributed by atoms with Gasteiger partial charge in [0.1, 0.15) is 11.6 Å². The van der Waals surface area contributed by atoms with E-state index in [1.807, 2.05) is 28.9 Å². The summed E-state index contributed by atoms with van der Waals surface area (Å²) in [6, 6.07) is 10.9. The second-order valence-electron chi connectivity index (χ2n) is 8.79. The normalized spacial score (nSPS) is 16.8. The summed E-state index contributed by atoms with van der Waals surface area (Å²) in [7, 11) is 1.62. The number of ether oxygens (including phenoxy) is 1. The zero-order valence-corrected chi connectivity index (χ0v) is 18.2.